The Balaban J connectivity index is 1.47. The lowest BCUT2D eigenvalue weighted by Gasteiger charge is -2.30. The molecule has 0 aliphatic carbocycles. The topological polar surface area (TPSA) is 106 Å². The zero-order chi connectivity index (χ0) is 18.5. The van der Waals surface area contributed by atoms with Crippen LogP contribution in [0.15, 0.2) is 21.5 Å². The number of aryl methyl sites for hydroxylation is 2. The van der Waals surface area contributed by atoms with E-state index >= 15 is 0 Å². The second-order valence-electron chi connectivity index (χ2n) is 6.56. The molecule has 0 atom stereocenters. The minimum absolute atomic E-state index is 0.238. The van der Waals surface area contributed by atoms with Gasteiger partial charge in [0.15, 0.2) is 0 Å². The van der Waals surface area contributed by atoms with Gasteiger partial charge in [0.05, 0.1) is 0 Å². The van der Waals surface area contributed by atoms with Gasteiger partial charge in [0, 0.05) is 39.2 Å². The SMILES string of the molecule is CCCc1nc(N2CCC(CNC(=O)c3ccc(=O)n(C)n3)CC2)no1. The van der Waals surface area contributed by atoms with Gasteiger partial charge in [0.25, 0.3) is 17.4 Å². The average molecular weight is 360 g/mol. The first-order valence-electron chi connectivity index (χ1n) is 8.97. The van der Waals surface area contributed by atoms with E-state index in [0.717, 1.165) is 43.5 Å². The van der Waals surface area contributed by atoms with E-state index in [9.17, 15) is 9.59 Å². The predicted molar refractivity (Wildman–Crippen MR) is 95.0 cm³/mol. The van der Waals surface area contributed by atoms with Crippen LogP contribution in [0.4, 0.5) is 5.95 Å². The normalized spacial score (nSPS) is 15.2. The molecular formula is C17H24N6O3. The summed E-state index contributed by atoms with van der Waals surface area (Å²) >= 11 is 0. The van der Waals surface area contributed by atoms with Crippen LogP contribution in [0.3, 0.4) is 0 Å². The number of carbonyl (C=O) groups excluding carboxylic acids is 1. The lowest BCUT2D eigenvalue weighted by Crippen LogP contribution is -2.39. The molecule has 0 spiro atoms. The summed E-state index contributed by atoms with van der Waals surface area (Å²) in [4.78, 5) is 30.0. The van der Waals surface area contributed by atoms with Crippen molar-refractivity contribution in [3.05, 3.63) is 34.1 Å². The molecule has 1 aliphatic heterocycles. The molecule has 1 saturated heterocycles. The molecule has 1 N–H and O–H groups in total. The first kappa shape index (κ1) is 18.1. The molecule has 3 rings (SSSR count). The molecule has 1 aliphatic rings. The van der Waals surface area contributed by atoms with Crippen LogP contribution in [0.2, 0.25) is 0 Å². The van der Waals surface area contributed by atoms with Gasteiger partial charge in [-0.05, 0) is 36.4 Å². The van der Waals surface area contributed by atoms with Crippen molar-refractivity contribution in [3.8, 4) is 0 Å². The zero-order valence-electron chi connectivity index (χ0n) is 15.1. The Morgan fingerprint density at radius 2 is 2.12 bits per heavy atom. The molecule has 3 heterocycles. The smallest absolute Gasteiger partial charge is 0.271 e. The summed E-state index contributed by atoms with van der Waals surface area (Å²) in [7, 11) is 1.53. The van der Waals surface area contributed by atoms with E-state index < -0.39 is 0 Å². The molecule has 2 aromatic heterocycles. The monoisotopic (exact) mass is 360 g/mol. The molecular weight excluding hydrogens is 336 g/mol. The van der Waals surface area contributed by atoms with Gasteiger partial charge in [0.2, 0.25) is 5.89 Å². The van der Waals surface area contributed by atoms with Crippen molar-refractivity contribution in [2.75, 3.05) is 24.5 Å². The maximum absolute atomic E-state index is 12.2. The molecule has 0 aromatic carbocycles. The third-order valence-electron chi connectivity index (χ3n) is 4.56. The van der Waals surface area contributed by atoms with Crippen molar-refractivity contribution in [3.63, 3.8) is 0 Å². The molecule has 0 unspecified atom stereocenters. The number of aromatic nitrogens is 4. The predicted octanol–water partition coefficient (Wildman–Crippen LogP) is 0.762. The summed E-state index contributed by atoms with van der Waals surface area (Å²) in [5.41, 5.74) is 0.0114. The highest BCUT2D eigenvalue weighted by atomic mass is 16.5. The molecule has 140 valence electrons. The summed E-state index contributed by atoms with van der Waals surface area (Å²) in [5.74, 6) is 1.47. The van der Waals surface area contributed by atoms with Crippen molar-refractivity contribution in [2.45, 2.75) is 32.6 Å². The highest BCUT2D eigenvalue weighted by molar-refractivity contribution is 5.91. The van der Waals surface area contributed by atoms with Gasteiger partial charge in [-0.15, -0.1) is 0 Å². The Kier molecular flexibility index (Phi) is 5.65. The molecule has 0 saturated carbocycles. The van der Waals surface area contributed by atoms with E-state index in [-0.39, 0.29) is 17.2 Å². The Bertz CT molecular complexity index is 807. The maximum atomic E-state index is 12.2. The minimum Gasteiger partial charge on any atom is -0.350 e. The molecule has 1 amide bonds. The lowest BCUT2D eigenvalue weighted by molar-refractivity contribution is 0.0937. The fourth-order valence-electron chi connectivity index (χ4n) is 2.98. The van der Waals surface area contributed by atoms with Gasteiger partial charge >= 0.3 is 0 Å². The lowest BCUT2D eigenvalue weighted by atomic mass is 9.97. The molecule has 9 nitrogen and oxygen atoms in total. The van der Waals surface area contributed by atoms with Crippen molar-refractivity contribution in [1.82, 2.24) is 25.2 Å². The van der Waals surface area contributed by atoms with E-state index in [1.165, 1.54) is 19.2 Å². The molecule has 0 radical (unpaired) electrons. The minimum atomic E-state index is -0.259. The summed E-state index contributed by atoms with van der Waals surface area (Å²) in [5, 5.41) is 10.9. The number of nitrogens with one attached hydrogen (secondary N) is 1. The third-order valence-corrected chi connectivity index (χ3v) is 4.56. The first-order valence-corrected chi connectivity index (χ1v) is 8.97. The van der Waals surface area contributed by atoms with Crippen LogP contribution >= 0.6 is 0 Å². The van der Waals surface area contributed by atoms with Crippen LogP contribution in [0.25, 0.3) is 0 Å². The summed E-state index contributed by atoms with van der Waals surface area (Å²) in [6, 6.07) is 2.79. The van der Waals surface area contributed by atoms with Gasteiger partial charge in [-0.25, -0.2) is 4.68 Å². The van der Waals surface area contributed by atoms with Crippen LogP contribution in [0.1, 0.15) is 42.6 Å². The Morgan fingerprint density at radius 1 is 1.35 bits per heavy atom. The fraction of sp³-hybridized carbons (Fsp3) is 0.588. The van der Waals surface area contributed by atoms with Crippen LogP contribution in [0, 0.1) is 5.92 Å². The molecule has 1 fully saturated rings. The fourth-order valence-corrected chi connectivity index (χ4v) is 2.98. The highest BCUT2D eigenvalue weighted by Crippen LogP contribution is 2.21. The Labute approximate surface area is 151 Å². The van der Waals surface area contributed by atoms with Crippen LogP contribution < -0.4 is 15.8 Å². The van der Waals surface area contributed by atoms with Crippen molar-refractivity contribution in [1.29, 1.82) is 0 Å². The van der Waals surface area contributed by atoms with Gasteiger partial charge in [-0.2, -0.15) is 10.1 Å². The number of carbonyl (C=O) groups is 1. The Hall–Kier alpha value is -2.71. The number of rotatable bonds is 6. The van der Waals surface area contributed by atoms with E-state index in [2.05, 4.69) is 32.4 Å². The van der Waals surface area contributed by atoms with Crippen LogP contribution in [0.5, 0.6) is 0 Å². The molecule has 0 bridgehead atoms. The number of nitrogens with zero attached hydrogens (tertiary/aromatic N) is 5. The first-order chi connectivity index (χ1) is 12.6. The number of amides is 1. The van der Waals surface area contributed by atoms with E-state index in [1.54, 1.807) is 0 Å². The number of hydrogen-bond acceptors (Lipinski definition) is 7. The molecule has 2 aromatic rings. The van der Waals surface area contributed by atoms with Gasteiger partial charge in [0.1, 0.15) is 5.69 Å². The van der Waals surface area contributed by atoms with E-state index in [0.29, 0.717) is 24.3 Å². The maximum Gasteiger partial charge on any atom is 0.271 e. The van der Waals surface area contributed by atoms with Crippen molar-refractivity contribution in [2.24, 2.45) is 13.0 Å². The summed E-state index contributed by atoms with van der Waals surface area (Å²) in [6.45, 7) is 4.34. The Morgan fingerprint density at radius 3 is 2.81 bits per heavy atom. The van der Waals surface area contributed by atoms with Gasteiger partial charge in [-0.1, -0.05) is 6.92 Å². The van der Waals surface area contributed by atoms with E-state index in [1.807, 2.05) is 0 Å². The van der Waals surface area contributed by atoms with Gasteiger partial charge in [-0.3, -0.25) is 9.59 Å². The van der Waals surface area contributed by atoms with Crippen molar-refractivity contribution >= 4 is 11.9 Å². The summed E-state index contributed by atoms with van der Waals surface area (Å²) in [6.07, 6.45) is 3.67. The van der Waals surface area contributed by atoms with Crippen LogP contribution in [-0.4, -0.2) is 45.5 Å². The highest BCUT2D eigenvalue weighted by Gasteiger charge is 2.23. The number of anilines is 1. The number of hydrogen-bond donors (Lipinski definition) is 1. The third kappa shape index (κ3) is 4.27. The number of piperidine rings is 1. The average Bonchev–Trinajstić information content (AvgIpc) is 3.11. The van der Waals surface area contributed by atoms with Gasteiger partial charge < -0.3 is 14.7 Å². The zero-order valence-corrected chi connectivity index (χ0v) is 15.1. The van der Waals surface area contributed by atoms with E-state index in [4.69, 9.17) is 4.52 Å². The molecule has 26 heavy (non-hydrogen) atoms. The standard InChI is InChI=1S/C17H24N6O3/c1-3-4-14-19-17(21-26-14)23-9-7-12(8-10-23)11-18-16(25)13-5-6-15(24)22(2)20-13/h5-6,12H,3-4,7-11H2,1-2H3,(H,18,25). The second kappa shape index (κ2) is 8.11. The summed E-state index contributed by atoms with van der Waals surface area (Å²) < 4.78 is 6.40. The second-order valence-corrected chi connectivity index (χ2v) is 6.56. The quantitative estimate of drug-likeness (QED) is 0.810. The van der Waals surface area contributed by atoms with Crippen molar-refractivity contribution < 1.29 is 9.32 Å². The van der Waals surface area contributed by atoms with Crippen LogP contribution in [-0.2, 0) is 13.5 Å². The molecule has 9 heteroatoms. The largest absolute Gasteiger partial charge is 0.350 e.